The molecular formula is C16H19ClF3N3O4. The molecule has 2 unspecified atom stereocenters. The Balaban J connectivity index is 0.00000364. The Morgan fingerprint density at radius 3 is 2.52 bits per heavy atom. The summed E-state index contributed by atoms with van der Waals surface area (Å²) in [5.74, 6) is -3.02. The second-order valence-electron chi connectivity index (χ2n) is 6.02. The largest absolute Gasteiger partial charge is 0.480 e. The molecule has 0 aromatic heterocycles. The van der Waals surface area contributed by atoms with Gasteiger partial charge in [-0.25, -0.2) is 0 Å². The molecule has 1 aromatic rings. The molecule has 0 spiro atoms. The van der Waals surface area contributed by atoms with E-state index in [1.54, 1.807) is 0 Å². The van der Waals surface area contributed by atoms with E-state index >= 15 is 0 Å². The summed E-state index contributed by atoms with van der Waals surface area (Å²) in [5, 5.41) is 11.4. The van der Waals surface area contributed by atoms with Gasteiger partial charge in [-0.1, -0.05) is 12.1 Å². The van der Waals surface area contributed by atoms with E-state index in [0.717, 1.165) is 4.90 Å². The predicted molar refractivity (Wildman–Crippen MR) is 94.0 cm³/mol. The smallest absolute Gasteiger partial charge is 0.409 e. The molecule has 1 aliphatic heterocycles. The quantitative estimate of drug-likeness (QED) is 0.795. The highest BCUT2D eigenvalue weighted by Gasteiger charge is 2.49. The summed E-state index contributed by atoms with van der Waals surface area (Å²) in [6.07, 6.45) is -5.77. The molecule has 150 valence electrons. The van der Waals surface area contributed by atoms with Crippen molar-refractivity contribution in [1.82, 2.24) is 4.90 Å². The van der Waals surface area contributed by atoms with Gasteiger partial charge in [0.05, 0.1) is 24.3 Å². The van der Waals surface area contributed by atoms with Crippen LogP contribution >= 0.6 is 12.4 Å². The van der Waals surface area contributed by atoms with Crippen molar-refractivity contribution in [1.29, 1.82) is 0 Å². The van der Waals surface area contributed by atoms with Gasteiger partial charge in [0.1, 0.15) is 12.1 Å². The number of anilines is 2. The number of nitrogens with one attached hydrogen (secondary N) is 1. The van der Waals surface area contributed by atoms with E-state index < -0.39 is 49.0 Å². The van der Waals surface area contributed by atoms with Gasteiger partial charge in [0.15, 0.2) is 0 Å². The number of likely N-dealkylation sites (N-methyl/N-ethyl adjacent to an activating group) is 1. The van der Waals surface area contributed by atoms with E-state index in [-0.39, 0.29) is 23.8 Å². The van der Waals surface area contributed by atoms with Gasteiger partial charge >= 0.3 is 12.1 Å². The molecule has 7 nitrogen and oxygen atoms in total. The number of alkyl halides is 3. The third-order valence-electron chi connectivity index (χ3n) is 4.18. The first-order valence-electron chi connectivity index (χ1n) is 7.73. The van der Waals surface area contributed by atoms with Crippen LogP contribution in [0.25, 0.3) is 0 Å². The third kappa shape index (κ3) is 5.10. The summed E-state index contributed by atoms with van der Waals surface area (Å²) in [5.41, 5.74) is 0.00795. The first-order valence-corrected chi connectivity index (χ1v) is 7.73. The van der Waals surface area contributed by atoms with Crippen molar-refractivity contribution < 1.29 is 32.7 Å². The van der Waals surface area contributed by atoms with E-state index in [0.29, 0.717) is 4.90 Å². The number of nitrogens with zero attached hydrogens (tertiary/aromatic N) is 2. The molecular weight excluding hydrogens is 391 g/mol. The van der Waals surface area contributed by atoms with Crippen LogP contribution in [-0.2, 0) is 14.4 Å². The van der Waals surface area contributed by atoms with Crippen LogP contribution in [0.4, 0.5) is 24.5 Å². The molecule has 11 heteroatoms. The monoisotopic (exact) mass is 409 g/mol. The van der Waals surface area contributed by atoms with Gasteiger partial charge in [-0.05, 0) is 26.1 Å². The van der Waals surface area contributed by atoms with Gasteiger partial charge in [-0.2, -0.15) is 13.2 Å². The highest BCUT2D eigenvalue weighted by atomic mass is 35.5. The average molecular weight is 410 g/mol. The number of amides is 2. The minimum absolute atomic E-state index is 0. The maximum Gasteiger partial charge on any atom is 0.409 e. The molecule has 27 heavy (non-hydrogen) atoms. The number of aliphatic carboxylic acids is 1. The Bertz CT molecular complexity index is 729. The highest BCUT2D eigenvalue weighted by Crippen LogP contribution is 2.37. The lowest BCUT2D eigenvalue weighted by Gasteiger charge is -2.33. The van der Waals surface area contributed by atoms with Crippen molar-refractivity contribution in [2.75, 3.05) is 23.8 Å². The van der Waals surface area contributed by atoms with E-state index in [1.807, 2.05) is 0 Å². The van der Waals surface area contributed by atoms with Crippen molar-refractivity contribution in [3.63, 3.8) is 0 Å². The van der Waals surface area contributed by atoms with Crippen LogP contribution in [0.2, 0.25) is 0 Å². The first kappa shape index (κ1) is 22.7. The fraction of sp³-hybridized carbons (Fsp3) is 0.438. The molecule has 0 radical (unpaired) electrons. The first-order chi connectivity index (χ1) is 12.0. The van der Waals surface area contributed by atoms with Gasteiger partial charge in [-0.15, -0.1) is 12.4 Å². The third-order valence-corrected chi connectivity index (χ3v) is 4.18. The van der Waals surface area contributed by atoms with Gasteiger partial charge < -0.3 is 10.4 Å². The lowest BCUT2D eigenvalue weighted by atomic mass is 10.1. The van der Waals surface area contributed by atoms with Crippen LogP contribution in [0.1, 0.15) is 13.3 Å². The summed E-state index contributed by atoms with van der Waals surface area (Å²) < 4.78 is 40.6. The molecule has 2 rings (SSSR count). The summed E-state index contributed by atoms with van der Waals surface area (Å²) >= 11 is 0. The summed E-state index contributed by atoms with van der Waals surface area (Å²) in [7, 11) is 1.33. The number of para-hydroxylation sites is 2. The molecule has 0 saturated carbocycles. The standard InChI is InChI=1S/C16H18F3N3O4.ClH/c1-9(15(25)26)21(2)8-14(24)22-11-6-4-3-5-10(11)20-13(23)7-12(22)16(17,18)19;/h3-6,9,12H,7-8H2,1-2H3,(H,20,23)(H,25,26);1H. The van der Waals surface area contributed by atoms with Gasteiger partial charge in [-0.3, -0.25) is 24.2 Å². The van der Waals surface area contributed by atoms with Crippen molar-refractivity contribution in [3.8, 4) is 0 Å². The van der Waals surface area contributed by atoms with Crippen LogP contribution in [0, 0.1) is 0 Å². The Morgan fingerprint density at radius 1 is 1.37 bits per heavy atom. The zero-order valence-electron chi connectivity index (χ0n) is 14.5. The van der Waals surface area contributed by atoms with Crippen LogP contribution in [0.3, 0.4) is 0 Å². The lowest BCUT2D eigenvalue weighted by molar-refractivity contribution is -0.158. The zero-order valence-corrected chi connectivity index (χ0v) is 15.3. The molecule has 1 aromatic carbocycles. The normalized spacial score (nSPS) is 18.1. The van der Waals surface area contributed by atoms with Crippen molar-refractivity contribution in [3.05, 3.63) is 24.3 Å². The minimum Gasteiger partial charge on any atom is -0.480 e. The number of hydrogen-bond donors (Lipinski definition) is 2. The Morgan fingerprint density at radius 2 is 1.96 bits per heavy atom. The van der Waals surface area contributed by atoms with Crippen molar-refractivity contribution in [2.45, 2.75) is 31.6 Å². The SMILES string of the molecule is CC(C(=O)O)N(C)CC(=O)N1c2ccccc2NC(=O)CC1C(F)(F)F.Cl. The molecule has 0 fully saturated rings. The highest BCUT2D eigenvalue weighted by molar-refractivity contribution is 6.05. The van der Waals surface area contributed by atoms with E-state index in [9.17, 15) is 27.6 Å². The molecule has 2 atom stereocenters. The maximum absolute atomic E-state index is 13.5. The Labute approximate surface area is 159 Å². The Hall–Kier alpha value is -2.33. The second-order valence-corrected chi connectivity index (χ2v) is 6.02. The van der Waals surface area contributed by atoms with Crippen LogP contribution in [-0.4, -0.2) is 59.6 Å². The van der Waals surface area contributed by atoms with Crippen LogP contribution in [0.15, 0.2) is 24.3 Å². The predicted octanol–water partition coefficient (Wildman–Crippen LogP) is 2.12. The molecule has 2 N–H and O–H groups in total. The number of rotatable bonds is 4. The molecule has 1 aliphatic rings. The van der Waals surface area contributed by atoms with Crippen LogP contribution in [0.5, 0.6) is 0 Å². The number of hydrogen-bond acceptors (Lipinski definition) is 4. The number of halogens is 4. The second kappa shape index (κ2) is 8.57. The fourth-order valence-corrected chi connectivity index (χ4v) is 2.61. The maximum atomic E-state index is 13.5. The topological polar surface area (TPSA) is 89.9 Å². The average Bonchev–Trinajstić information content (AvgIpc) is 2.69. The number of carbonyl (C=O) groups excluding carboxylic acids is 2. The Kier molecular flexibility index (Phi) is 7.21. The molecule has 2 amide bonds. The summed E-state index contributed by atoms with van der Waals surface area (Å²) in [6, 6.07) is 2.27. The zero-order chi connectivity index (χ0) is 19.6. The molecule has 0 saturated heterocycles. The molecule has 0 bridgehead atoms. The minimum atomic E-state index is -4.83. The van der Waals surface area contributed by atoms with Gasteiger partial charge in [0.25, 0.3) is 0 Å². The van der Waals surface area contributed by atoms with Gasteiger partial charge in [0.2, 0.25) is 11.8 Å². The number of carbonyl (C=O) groups is 3. The lowest BCUT2D eigenvalue weighted by Crippen LogP contribution is -2.53. The number of carboxylic acids is 1. The van der Waals surface area contributed by atoms with Crippen molar-refractivity contribution in [2.24, 2.45) is 0 Å². The fourth-order valence-electron chi connectivity index (χ4n) is 2.61. The van der Waals surface area contributed by atoms with E-state index in [2.05, 4.69) is 5.32 Å². The number of carboxylic acid groups (broad SMARTS) is 1. The summed E-state index contributed by atoms with van der Waals surface area (Å²) in [4.78, 5) is 37.2. The van der Waals surface area contributed by atoms with E-state index in [4.69, 9.17) is 5.11 Å². The van der Waals surface area contributed by atoms with Crippen molar-refractivity contribution >= 4 is 41.6 Å². The number of fused-ring (bicyclic) bond motifs is 1. The van der Waals surface area contributed by atoms with Crippen LogP contribution < -0.4 is 10.2 Å². The van der Waals surface area contributed by atoms with Gasteiger partial charge in [0, 0.05) is 0 Å². The summed E-state index contributed by atoms with van der Waals surface area (Å²) in [6.45, 7) is 0.765. The molecule has 1 heterocycles. The molecule has 0 aliphatic carbocycles. The number of benzene rings is 1. The van der Waals surface area contributed by atoms with E-state index in [1.165, 1.54) is 38.2 Å².